The second-order valence-corrected chi connectivity index (χ2v) is 7.88. The van der Waals surface area contributed by atoms with E-state index in [0.717, 1.165) is 17.0 Å². The summed E-state index contributed by atoms with van der Waals surface area (Å²) in [5, 5.41) is 4.12. The molecule has 1 N–H and O–H groups in total. The van der Waals surface area contributed by atoms with E-state index >= 15 is 0 Å². The second kappa shape index (κ2) is 8.32. The van der Waals surface area contributed by atoms with Crippen molar-refractivity contribution in [1.29, 1.82) is 0 Å². The molecule has 154 valence electrons. The van der Waals surface area contributed by atoms with Crippen LogP contribution >= 0.6 is 12.2 Å². The molecule has 1 aliphatic heterocycles. The highest BCUT2D eigenvalue weighted by Gasteiger charge is 2.41. The second-order valence-electron chi connectivity index (χ2n) is 7.49. The highest BCUT2D eigenvalue weighted by molar-refractivity contribution is 7.80. The summed E-state index contributed by atoms with van der Waals surface area (Å²) in [6.45, 7) is 0.642. The van der Waals surface area contributed by atoms with Crippen molar-refractivity contribution in [3.63, 3.8) is 0 Å². The number of rotatable bonds is 5. The molecule has 1 saturated heterocycles. The molecule has 3 heterocycles. The number of aromatic nitrogens is 2. The Hall–Kier alpha value is -3.51. The minimum absolute atomic E-state index is 0.155. The van der Waals surface area contributed by atoms with E-state index in [1.807, 2.05) is 65.4 Å². The van der Waals surface area contributed by atoms with Crippen LogP contribution in [0.25, 0.3) is 5.69 Å². The molecule has 0 amide bonds. The zero-order valence-electron chi connectivity index (χ0n) is 16.7. The highest BCUT2D eigenvalue weighted by Crippen LogP contribution is 2.40. The zero-order valence-corrected chi connectivity index (χ0v) is 17.5. The fraction of sp³-hybridized carbons (Fsp3) is 0.120. The summed E-state index contributed by atoms with van der Waals surface area (Å²) in [4.78, 5) is 6.75. The Morgan fingerprint density at radius 1 is 0.903 bits per heavy atom. The number of nitrogens with one attached hydrogen (secondary N) is 1. The van der Waals surface area contributed by atoms with Crippen molar-refractivity contribution in [2.24, 2.45) is 0 Å². The van der Waals surface area contributed by atoms with E-state index in [2.05, 4.69) is 27.3 Å². The van der Waals surface area contributed by atoms with Gasteiger partial charge in [0.1, 0.15) is 5.82 Å². The number of para-hydroxylation sites is 1. The first-order valence-corrected chi connectivity index (χ1v) is 10.6. The Balaban J connectivity index is 1.62. The van der Waals surface area contributed by atoms with E-state index in [0.29, 0.717) is 17.3 Å². The van der Waals surface area contributed by atoms with Gasteiger partial charge in [0.05, 0.1) is 23.5 Å². The van der Waals surface area contributed by atoms with Gasteiger partial charge in [0.2, 0.25) is 0 Å². The van der Waals surface area contributed by atoms with Gasteiger partial charge in [0.25, 0.3) is 0 Å². The lowest BCUT2D eigenvalue weighted by atomic mass is 10.0. The van der Waals surface area contributed by atoms with Crippen LogP contribution in [0.1, 0.15) is 29.0 Å². The van der Waals surface area contributed by atoms with Crippen LogP contribution < -0.4 is 5.32 Å². The van der Waals surface area contributed by atoms with Crippen molar-refractivity contribution in [3.8, 4) is 5.69 Å². The molecule has 0 aliphatic carbocycles. The summed E-state index contributed by atoms with van der Waals surface area (Å²) < 4.78 is 16.6. The highest BCUT2D eigenvalue weighted by atomic mass is 32.1. The van der Waals surface area contributed by atoms with Crippen LogP contribution in [0.5, 0.6) is 0 Å². The minimum Gasteiger partial charge on any atom is -0.352 e. The fourth-order valence-electron chi connectivity index (χ4n) is 4.18. The van der Waals surface area contributed by atoms with Gasteiger partial charge >= 0.3 is 0 Å². The molecule has 6 heteroatoms. The molecule has 31 heavy (non-hydrogen) atoms. The van der Waals surface area contributed by atoms with E-state index in [1.54, 1.807) is 18.3 Å². The first-order valence-electron chi connectivity index (χ1n) is 10.2. The first-order chi connectivity index (χ1) is 15.2. The maximum absolute atomic E-state index is 14.7. The molecular formula is C25H21FN4S. The topological polar surface area (TPSA) is 33.1 Å². The molecule has 4 nitrogen and oxygen atoms in total. The Labute approximate surface area is 186 Å². The molecular weight excluding hydrogens is 407 g/mol. The van der Waals surface area contributed by atoms with Crippen molar-refractivity contribution in [3.05, 3.63) is 120 Å². The van der Waals surface area contributed by atoms with Crippen LogP contribution in [0.15, 0.2) is 97.3 Å². The minimum atomic E-state index is -0.266. The fourth-order valence-corrected chi connectivity index (χ4v) is 4.48. The van der Waals surface area contributed by atoms with Crippen LogP contribution in [0.3, 0.4) is 0 Å². The molecule has 1 aliphatic rings. The van der Waals surface area contributed by atoms with E-state index < -0.39 is 0 Å². The van der Waals surface area contributed by atoms with Gasteiger partial charge < -0.3 is 14.8 Å². The Morgan fingerprint density at radius 2 is 1.68 bits per heavy atom. The normalized spacial score (nSPS) is 18.2. The van der Waals surface area contributed by atoms with Crippen molar-refractivity contribution >= 4 is 17.3 Å². The van der Waals surface area contributed by atoms with E-state index in [1.165, 1.54) is 6.07 Å². The summed E-state index contributed by atoms with van der Waals surface area (Å²) >= 11 is 5.76. The number of benzene rings is 2. The Bertz CT molecular complexity index is 1190. The van der Waals surface area contributed by atoms with Gasteiger partial charge in [-0.05, 0) is 54.2 Å². The third kappa shape index (κ3) is 3.70. The van der Waals surface area contributed by atoms with Crippen molar-refractivity contribution in [2.75, 3.05) is 0 Å². The first kappa shape index (κ1) is 19.5. The average Bonchev–Trinajstić information content (AvgIpc) is 3.40. The summed E-state index contributed by atoms with van der Waals surface area (Å²) in [6.07, 6.45) is 3.68. The van der Waals surface area contributed by atoms with Crippen LogP contribution in [0, 0.1) is 5.82 Å². The number of hydrogen-bond acceptors (Lipinski definition) is 2. The van der Waals surface area contributed by atoms with Crippen LogP contribution in [0.4, 0.5) is 4.39 Å². The number of hydrogen-bond donors (Lipinski definition) is 1. The van der Waals surface area contributed by atoms with Gasteiger partial charge in [-0.1, -0.05) is 48.5 Å². The molecule has 0 radical (unpaired) electrons. The molecule has 2 atom stereocenters. The predicted octanol–water partition coefficient (Wildman–Crippen LogP) is 5.18. The smallest absolute Gasteiger partial charge is 0.170 e. The standard InChI is InChI=1S/C25H21FN4S/c26-19-11-4-5-13-21(19)29-16-8-14-22(29)24-23(20-12-6-7-15-27-20)28-25(31)30(24)17-18-9-2-1-3-10-18/h1-16,23-24H,17H2,(H,28,31)/t23-,24-/m0/s1. The third-order valence-electron chi connectivity index (χ3n) is 5.59. The Kier molecular flexibility index (Phi) is 5.22. The molecule has 0 spiro atoms. The maximum Gasteiger partial charge on any atom is 0.170 e. The SMILES string of the molecule is Fc1ccccc1-n1cccc1[C@H]1[C@H](c2ccccn2)NC(=S)N1Cc1ccccc1. The van der Waals surface area contributed by atoms with Gasteiger partial charge in [-0.2, -0.15) is 0 Å². The quantitative estimate of drug-likeness (QED) is 0.444. The summed E-state index contributed by atoms with van der Waals surface area (Å²) in [5.41, 5.74) is 3.51. The zero-order chi connectivity index (χ0) is 21.2. The lowest BCUT2D eigenvalue weighted by Gasteiger charge is -2.29. The monoisotopic (exact) mass is 428 g/mol. The van der Waals surface area contributed by atoms with Crippen LogP contribution in [0.2, 0.25) is 0 Å². The molecule has 5 rings (SSSR count). The molecule has 4 aromatic rings. The van der Waals surface area contributed by atoms with Gasteiger partial charge in [-0.3, -0.25) is 4.98 Å². The van der Waals surface area contributed by atoms with Crippen molar-refractivity contribution in [2.45, 2.75) is 18.6 Å². The lowest BCUT2D eigenvalue weighted by Crippen LogP contribution is -2.30. The van der Waals surface area contributed by atoms with Gasteiger partial charge in [-0.25, -0.2) is 4.39 Å². The van der Waals surface area contributed by atoms with Gasteiger partial charge in [-0.15, -0.1) is 0 Å². The summed E-state index contributed by atoms with van der Waals surface area (Å²) in [5.74, 6) is -0.266. The lowest BCUT2D eigenvalue weighted by molar-refractivity contribution is 0.302. The van der Waals surface area contributed by atoms with E-state index in [9.17, 15) is 4.39 Å². The number of halogens is 1. The van der Waals surface area contributed by atoms with Crippen LogP contribution in [-0.4, -0.2) is 19.6 Å². The summed E-state index contributed by atoms with van der Waals surface area (Å²) in [7, 11) is 0. The van der Waals surface area contributed by atoms with E-state index in [-0.39, 0.29) is 17.9 Å². The number of nitrogens with zero attached hydrogens (tertiary/aromatic N) is 3. The predicted molar refractivity (Wildman–Crippen MR) is 123 cm³/mol. The Morgan fingerprint density at radius 3 is 2.45 bits per heavy atom. The van der Waals surface area contributed by atoms with Crippen LogP contribution in [-0.2, 0) is 6.54 Å². The molecule has 1 fully saturated rings. The third-order valence-corrected chi connectivity index (χ3v) is 5.94. The summed E-state index contributed by atoms with van der Waals surface area (Å²) in [6, 6.07) is 26.6. The van der Waals surface area contributed by atoms with Crippen molar-refractivity contribution < 1.29 is 4.39 Å². The van der Waals surface area contributed by atoms with Gasteiger partial charge in [0.15, 0.2) is 5.11 Å². The van der Waals surface area contributed by atoms with Gasteiger partial charge in [0, 0.05) is 24.6 Å². The molecule has 0 unspecified atom stereocenters. The molecule has 2 aromatic carbocycles. The average molecular weight is 429 g/mol. The number of thiocarbonyl (C=S) groups is 1. The molecule has 0 saturated carbocycles. The van der Waals surface area contributed by atoms with E-state index in [4.69, 9.17) is 12.2 Å². The van der Waals surface area contributed by atoms with Crippen molar-refractivity contribution in [1.82, 2.24) is 19.8 Å². The largest absolute Gasteiger partial charge is 0.352 e. The number of pyridine rings is 1. The maximum atomic E-state index is 14.7. The molecule has 0 bridgehead atoms. The molecule has 2 aromatic heterocycles.